The van der Waals surface area contributed by atoms with Crippen LogP contribution in [-0.4, -0.2) is 53.1 Å². The molecule has 6 nitrogen and oxygen atoms in total. The van der Waals surface area contributed by atoms with Crippen molar-refractivity contribution in [2.75, 3.05) is 36.8 Å². The van der Waals surface area contributed by atoms with Gasteiger partial charge in [-0.2, -0.15) is 4.31 Å². The monoisotopic (exact) mass is 444 g/mol. The van der Waals surface area contributed by atoms with Crippen molar-refractivity contribution in [2.24, 2.45) is 0 Å². The Morgan fingerprint density at radius 2 is 1.33 bits per heavy atom. The third kappa shape index (κ3) is 3.95. The Labute approximate surface area is 177 Å². The van der Waals surface area contributed by atoms with Gasteiger partial charge in [-0.1, -0.05) is 37.3 Å². The maximum absolute atomic E-state index is 13.1. The maximum Gasteiger partial charge on any atom is 0.243 e. The van der Waals surface area contributed by atoms with Crippen molar-refractivity contribution in [3.8, 4) is 0 Å². The number of fused-ring (bicyclic) bond motifs is 1. The molecule has 3 aromatic carbocycles. The lowest BCUT2D eigenvalue weighted by molar-refractivity contribution is 0.385. The zero-order chi connectivity index (χ0) is 21.4. The van der Waals surface area contributed by atoms with Crippen LogP contribution in [-0.2, 0) is 19.9 Å². The summed E-state index contributed by atoms with van der Waals surface area (Å²) in [5.41, 5.74) is 0.896. The second kappa shape index (κ2) is 8.02. The van der Waals surface area contributed by atoms with Crippen molar-refractivity contribution in [3.05, 3.63) is 66.7 Å². The molecular formula is C22H24N2O4S2. The van der Waals surface area contributed by atoms with Gasteiger partial charge < -0.3 is 4.90 Å². The molecule has 0 aliphatic carbocycles. The van der Waals surface area contributed by atoms with E-state index in [1.54, 1.807) is 43.3 Å². The van der Waals surface area contributed by atoms with Crippen LogP contribution in [0.15, 0.2) is 76.5 Å². The summed E-state index contributed by atoms with van der Waals surface area (Å²) in [4.78, 5) is 2.70. The normalized spacial score (nSPS) is 16.1. The van der Waals surface area contributed by atoms with Crippen LogP contribution in [0.4, 0.5) is 5.69 Å². The predicted molar refractivity (Wildman–Crippen MR) is 119 cm³/mol. The first kappa shape index (κ1) is 20.8. The molecule has 3 aromatic rings. The Balaban J connectivity index is 1.48. The molecule has 1 saturated heterocycles. The van der Waals surface area contributed by atoms with Crippen LogP contribution < -0.4 is 4.90 Å². The fraction of sp³-hybridized carbons (Fsp3) is 0.273. The second-order valence-electron chi connectivity index (χ2n) is 7.30. The summed E-state index contributed by atoms with van der Waals surface area (Å²) in [5.74, 6) is 0.0671. The van der Waals surface area contributed by atoms with Gasteiger partial charge in [-0.15, -0.1) is 0 Å². The molecule has 1 aliphatic rings. The zero-order valence-corrected chi connectivity index (χ0v) is 18.4. The fourth-order valence-corrected chi connectivity index (χ4v) is 6.04. The molecule has 4 rings (SSSR count). The van der Waals surface area contributed by atoms with E-state index in [0.29, 0.717) is 36.0 Å². The number of sulfonamides is 1. The van der Waals surface area contributed by atoms with E-state index in [9.17, 15) is 16.8 Å². The molecule has 0 atom stereocenters. The van der Waals surface area contributed by atoms with Crippen LogP contribution in [0.2, 0.25) is 0 Å². The molecule has 158 valence electrons. The number of piperazine rings is 1. The van der Waals surface area contributed by atoms with Gasteiger partial charge in [-0.25, -0.2) is 16.8 Å². The molecule has 0 amide bonds. The van der Waals surface area contributed by atoms with Gasteiger partial charge in [0.2, 0.25) is 10.0 Å². The number of sulfone groups is 1. The first-order chi connectivity index (χ1) is 14.3. The summed E-state index contributed by atoms with van der Waals surface area (Å²) < 4.78 is 51.7. The Morgan fingerprint density at radius 3 is 1.97 bits per heavy atom. The number of anilines is 1. The van der Waals surface area contributed by atoms with Gasteiger partial charge >= 0.3 is 0 Å². The number of benzene rings is 3. The van der Waals surface area contributed by atoms with E-state index in [4.69, 9.17) is 0 Å². The predicted octanol–water partition coefficient (Wildman–Crippen LogP) is 3.14. The number of nitrogens with zero attached hydrogens (tertiary/aromatic N) is 2. The topological polar surface area (TPSA) is 74.8 Å². The van der Waals surface area contributed by atoms with Crippen molar-refractivity contribution in [3.63, 3.8) is 0 Å². The van der Waals surface area contributed by atoms with Crippen LogP contribution >= 0.6 is 0 Å². The Kier molecular flexibility index (Phi) is 5.57. The minimum atomic E-state index is -3.56. The lowest BCUT2D eigenvalue weighted by atomic mass is 10.1. The molecule has 0 unspecified atom stereocenters. The molecule has 30 heavy (non-hydrogen) atoms. The quantitative estimate of drug-likeness (QED) is 0.604. The minimum Gasteiger partial charge on any atom is -0.369 e. The van der Waals surface area contributed by atoms with E-state index < -0.39 is 19.9 Å². The summed E-state index contributed by atoms with van der Waals surface area (Å²) >= 11 is 0. The van der Waals surface area contributed by atoms with Crippen LogP contribution in [0.25, 0.3) is 10.8 Å². The first-order valence-electron chi connectivity index (χ1n) is 9.88. The summed E-state index contributed by atoms with van der Waals surface area (Å²) in [6, 6.07) is 19.7. The molecule has 0 spiro atoms. The van der Waals surface area contributed by atoms with E-state index >= 15 is 0 Å². The van der Waals surface area contributed by atoms with E-state index in [1.807, 2.05) is 30.3 Å². The summed E-state index contributed by atoms with van der Waals surface area (Å²) in [5, 5.41) is 1.91. The summed E-state index contributed by atoms with van der Waals surface area (Å²) in [7, 11) is -6.79. The van der Waals surface area contributed by atoms with Crippen LogP contribution in [0.1, 0.15) is 6.92 Å². The van der Waals surface area contributed by atoms with Gasteiger partial charge in [0.05, 0.1) is 15.5 Å². The van der Waals surface area contributed by atoms with Gasteiger partial charge in [0.1, 0.15) is 0 Å². The summed E-state index contributed by atoms with van der Waals surface area (Å²) in [6.07, 6.45) is 0. The van der Waals surface area contributed by atoms with Gasteiger partial charge in [-0.05, 0) is 47.2 Å². The molecule has 0 radical (unpaired) electrons. The first-order valence-corrected chi connectivity index (χ1v) is 13.0. The Morgan fingerprint density at radius 1 is 0.733 bits per heavy atom. The lowest BCUT2D eigenvalue weighted by Gasteiger charge is -2.35. The standard InChI is InChI=1S/C22H24N2O4S2/c1-2-29(25,26)21-11-8-20(9-12-21)23-13-15-24(16-14-23)30(27,28)22-10-7-18-5-3-4-6-19(18)17-22/h3-12,17H,2,13-16H2,1H3. The molecule has 8 heteroatoms. The molecule has 0 aromatic heterocycles. The molecule has 0 N–H and O–H groups in total. The van der Waals surface area contributed by atoms with Gasteiger partial charge in [0.25, 0.3) is 0 Å². The minimum absolute atomic E-state index is 0.0671. The molecule has 1 aliphatic heterocycles. The van der Waals surface area contributed by atoms with Crippen molar-refractivity contribution < 1.29 is 16.8 Å². The van der Waals surface area contributed by atoms with Gasteiger partial charge in [-0.3, -0.25) is 0 Å². The number of rotatable bonds is 5. The van der Waals surface area contributed by atoms with Crippen LogP contribution in [0.5, 0.6) is 0 Å². The van der Waals surface area contributed by atoms with E-state index in [-0.39, 0.29) is 5.75 Å². The van der Waals surface area contributed by atoms with E-state index in [2.05, 4.69) is 4.90 Å². The van der Waals surface area contributed by atoms with Gasteiger partial charge in [0.15, 0.2) is 9.84 Å². The molecule has 0 saturated carbocycles. The zero-order valence-electron chi connectivity index (χ0n) is 16.7. The average Bonchev–Trinajstić information content (AvgIpc) is 2.79. The SMILES string of the molecule is CCS(=O)(=O)c1ccc(N2CCN(S(=O)(=O)c3ccc4ccccc4c3)CC2)cc1. The molecule has 1 heterocycles. The molecule has 1 fully saturated rings. The highest BCUT2D eigenvalue weighted by Gasteiger charge is 2.28. The summed E-state index contributed by atoms with van der Waals surface area (Å²) in [6.45, 7) is 3.48. The molecular weight excluding hydrogens is 420 g/mol. The van der Waals surface area contributed by atoms with Crippen molar-refractivity contribution in [1.82, 2.24) is 4.31 Å². The highest BCUT2D eigenvalue weighted by Crippen LogP contribution is 2.25. The van der Waals surface area contributed by atoms with Crippen LogP contribution in [0.3, 0.4) is 0 Å². The maximum atomic E-state index is 13.1. The van der Waals surface area contributed by atoms with Crippen molar-refractivity contribution in [1.29, 1.82) is 0 Å². The van der Waals surface area contributed by atoms with Crippen LogP contribution in [0, 0.1) is 0 Å². The molecule has 0 bridgehead atoms. The van der Waals surface area contributed by atoms with Crippen molar-refractivity contribution >= 4 is 36.3 Å². The number of hydrogen-bond acceptors (Lipinski definition) is 5. The largest absolute Gasteiger partial charge is 0.369 e. The fourth-order valence-electron chi connectivity index (χ4n) is 3.69. The lowest BCUT2D eigenvalue weighted by Crippen LogP contribution is -2.48. The highest BCUT2D eigenvalue weighted by atomic mass is 32.2. The Bertz CT molecular complexity index is 1260. The van der Waals surface area contributed by atoms with Crippen molar-refractivity contribution in [2.45, 2.75) is 16.7 Å². The second-order valence-corrected chi connectivity index (χ2v) is 11.5. The van der Waals surface area contributed by atoms with E-state index in [0.717, 1.165) is 16.5 Å². The third-order valence-electron chi connectivity index (χ3n) is 5.54. The smallest absolute Gasteiger partial charge is 0.243 e. The van der Waals surface area contributed by atoms with Gasteiger partial charge in [0, 0.05) is 31.9 Å². The average molecular weight is 445 g/mol. The third-order valence-corrected chi connectivity index (χ3v) is 9.18. The Hall–Kier alpha value is -2.42. The number of hydrogen-bond donors (Lipinski definition) is 0. The highest BCUT2D eigenvalue weighted by molar-refractivity contribution is 7.91. The van der Waals surface area contributed by atoms with E-state index in [1.165, 1.54) is 4.31 Å².